The van der Waals surface area contributed by atoms with Gasteiger partial charge in [0.25, 0.3) is 0 Å². The Morgan fingerprint density at radius 2 is 2.00 bits per heavy atom. The molecule has 0 aliphatic heterocycles. The van der Waals surface area contributed by atoms with Gasteiger partial charge in [-0.2, -0.15) is 11.8 Å². The van der Waals surface area contributed by atoms with Gasteiger partial charge in [-0.15, -0.1) is 0 Å². The summed E-state index contributed by atoms with van der Waals surface area (Å²) in [4.78, 5) is 11.1. The third-order valence-electron chi connectivity index (χ3n) is 3.48. The number of aryl methyl sites for hydroxylation is 1. The maximum absolute atomic E-state index is 11.1. The molecule has 4 heteroatoms. The van der Waals surface area contributed by atoms with Gasteiger partial charge >= 0.3 is 5.97 Å². The van der Waals surface area contributed by atoms with Gasteiger partial charge in [0.2, 0.25) is 0 Å². The molecule has 0 spiro atoms. The van der Waals surface area contributed by atoms with Crippen LogP contribution in [0.4, 0.5) is 0 Å². The topological polar surface area (TPSA) is 46.5 Å². The number of aliphatic hydroxyl groups is 1. The summed E-state index contributed by atoms with van der Waals surface area (Å²) in [6.07, 6.45) is 3.30. The zero-order valence-corrected chi connectivity index (χ0v) is 13.8. The Balaban J connectivity index is 2.38. The normalized spacial score (nSPS) is 13.7. The van der Waals surface area contributed by atoms with Crippen LogP contribution in [0, 0.1) is 0 Å². The lowest BCUT2D eigenvalue weighted by atomic mass is 10.0. The van der Waals surface area contributed by atoms with Crippen LogP contribution in [0.1, 0.15) is 38.2 Å². The number of hydrogen-bond donors (Lipinski definition) is 1. The Morgan fingerprint density at radius 1 is 1.29 bits per heavy atom. The quantitative estimate of drug-likeness (QED) is 0.672. The largest absolute Gasteiger partial charge is 0.469 e. The van der Waals surface area contributed by atoms with Gasteiger partial charge < -0.3 is 9.84 Å². The van der Waals surface area contributed by atoms with E-state index in [9.17, 15) is 9.90 Å². The summed E-state index contributed by atoms with van der Waals surface area (Å²) in [7, 11) is 1.40. The van der Waals surface area contributed by atoms with E-state index in [1.54, 1.807) is 11.8 Å². The maximum Gasteiger partial charge on any atom is 0.305 e. The zero-order valence-electron chi connectivity index (χ0n) is 13.0. The van der Waals surface area contributed by atoms with Crippen molar-refractivity contribution < 1.29 is 14.6 Å². The highest BCUT2D eigenvalue weighted by molar-refractivity contribution is 7.99. The van der Waals surface area contributed by atoms with Crippen LogP contribution >= 0.6 is 11.8 Å². The van der Waals surface area contributed by atoms with Crippen molar-refractivity contribution in [2.75, 3.05) is 12.9 Å². The van der Waals surface area contributed by atoms with Crippen LogP contribution in [-0.4, -0.2) is 35.3 Å². The van der Waals surface area contributed by atoms with E-state index in [-0.39, 0.29) is 17.3 Å². The van der Waals surface area contributed by atoms with Crippen molar-refractivity contribution >= 4 is 17.7 Å². The molecule has 0 fully saturated rings. The molecule has 0 bridgehead atoms. The molecule has 0 saturated heterocycles. The van der Waals surface area contributed by atoms with Crippen LogP contribution in [0.5, 0.6) is 0 Å². The van der Waals surface area contributed by atoms with Crippen LogP contribution in [0.25, 0.3) is 0 Å². The second-order valence-corrected chi connectivity index (χ2v) is 6.57. The van der Waals surface area contributed by atoms with Gasteiger partial charge in [0.15, 0.2) is 0 Å². The van der Waals surface area contributed by atoms with Gasteiger partial charge in [0.1, 0.15) is 0 Å². The number of esters is 1. The minimum Gasteiger partial charge on any atom is -0.469 e. The van der Waals surface area contributed by atoms with E-state index in [4.69, 9.17) is 0 Å². The third kappa shape index (κ3) is 7.53. The average molecular weight is 310 g/mol. The third-order valence-corrected chi connectivity index (χ3v) is 4.79. The summed E-state index contributed by atoms with van der Waals surface area (Å²) in [6.45, 7) is 2.11. The van der Waals surface area contributed by atoms with E-state index in [2.05, 4.69) is 23.8 Å². The van der Waals surface area contributed by atoms with E-state index in [1.165, 1.54) is 12.7 Å². The first-order valence-corrected chi connectivity index (χ1v) is 8.62. The molecule has 1 rings (SSSR count). The van der Waals surface area contributed by atoms with E-state index < -0.39 is 0 Å². The van der Waals surface area contributed by atoms with Crippen molar-refractivity contribution in [1.82, 2.24) is 0 Å². The highest BCUT2D eigenvalue weighted by Crippen LogP contribution is 2.23. The fourth-order valence-corrected chi connectivity index (χ4v) is 3.37. The fraction of sp³-hybridized carbons (Fsp3) is 0.588. The van der Waals surface area contributed by atoms with Crippen molar-refractivity contribution in [3.63, 3.8) is 0 Å². The molecule has 0 aliphatic carbocycles. The minimum absolute atomic E-state index is 0.203. The molecule has 0 radical (unpaired) electrons. The average Bonchev–Trinajstić information content (AvgIpc) is 2.52. The monoisotopic (exact) mass is 310 g/mol. The first-order chi connectivity index (χ1) is 10.2. The number of aliphatic hydroxyl groups excluding tert-OH is 1. The number of carbonyl (C=O) groups excluding carboxylic acids is 1. The van der Waals surface area contributed by atoms with Crippen LogP contribution in [0.3, 0.4) is 0 Å². The molecular weight excluding hydrogens is 284 g/mol. The molecule has 0 saturated carbocycles. The van der Waals surface area contributed by atoms with Crippen LogP contribution in [0.15, 0.2) is 30.3 Å². The van der Waals surface area contributed by atoms with Crippen molar-refractivity contribution in [2.24, 2.45) is 0 Å². The van der Waals surface area contributed by atoms with Crippen molar-refractivity contribution in [1.29, 1.82) is 0 Å². The molecule has 0 aliphatic rings. The Hall–Kier alpha value is -1.00. The maximum atomic E-state index is 11.1. The number of benzene rings is 1. The van der Waals surface area contributed by atoms with Crippen LogP contribution in [-0.2, 0) is 16.0 Å². The van der Waals surface area contributed by atoms with Crippen molar-refractivity contribution in [3.05, 3.63) is 35.9 Å². The summed E-state index contributed by atoms with van der Waals surface area (Å²) < 4.78 is 4.62. The zero-order chi connectivity index (χ0) is 15.5. The highest BCUT2D eigenvalue weighted by Gasteiger charge is 2.19. The molecule has 0 heterocycles. The number of methoxy groups -OCH3 is 1. The van der Waals surface area contributed by atoms with Gasteiger partial charge in [-0.25, -0.2) is 0 Å². The summed E-state index contributed by atoms with van der Waals surface area (Å²) in [5, 5.41) is 10.6. The Labute approximate surface area is 132 Å². The standard InChI is InChI=1S/C17H26O3S/c1-3-21-16(13-12-14-8-5-4-6-9-14)15(18)10-7-11-17(19)20-2/h4-6,8-9,15-16,18H,3,7,10-13H2,1-2H3. The summed E-state index contributed by atoms with van der Waals surface area (Å²) >= 11 is 1.80. The molecule has 118 valence electrons. The molecule has 0 aromatic heterocycles. The fourth-order valence-electron chi connectivity index (χ4n) is 2.30. The van der Waals surface area contributed by atoms with Gasteiger partial charge in [0.05, 0.1) is 13.2 Å². The SMILES string of the molecule is CCSC(CCc1ccccc1)C(O)CCCC(=O)OC. The lowest BCUT2D eigenvalue weighted by Crippen LogP contribution is -2.24. The molecule has 1 N–H and O–H groups in total. The smallest absolute Gasteiger partial charge is 0.305 e. The lowest BCUT2D eigenvalue weighted by molar-refractivity contribution is -0.140. The second-order valence-electron chi connectivity index (χ2n) is 5.05. The van der Waals surface area contributed by atoms with Gasteiger partial charge in [-0.05, 0) is 37.0 Å². The second kappa shape index (κ2) is 10.7. The van der Waals surface area contributed by atoms with Gasteiger partial charge in [-0.3, -0.25) is 4.79 Å². The van der Waals surface area contributed by atoms with E-state index in [1.807, 2.05) is 18.2 Å². The number of thioether (sulfide) groups is 1. The first kappa shape index (κ1) is 18.1. The highest BCUT2D eigenvalue weighted by atomic mass is 32.2. The lowest BCUT2D eigenvalue weighted by Gasteiger charge is -2.22. The number of ether oxygens (including phenoxy) is 1. The Kier molecular flexibility index (Phi) is 9.19. The number of hydrogen-bond acceptors (Lipinski definition) is 4. The molecule has 2 unspecified atom stereocenters. The van der Waals surface area contributed by atoms with Crippen molar-refractivity contribution in [2.45, 2.75) is 50.4 Å². The summed E-state index contributed by atoms with van der Waals surface area (Å²) in [5.41, 5.74) is 1.31. The van der Waals surface area contributed by atoms with E-state index in [0.717, 1.165) is 18.6 Å². The molecule has 3 nitrogen and oxygen atoms in total. The molecule has 2 atom stereocenters. The van der Waals surface area contributed by atoms with Gasteiger partial charge in [0, 0.05) is 11.7 Å². The van der Waals surface area contributed by atoms with Crippen LogP contribution in [0.2, 0.25) is 0 Å². The van der Waals surface area contributed by atoms with Crippen LogP contribution < -0.4 is 0 Å². The molecule has 1 aromatic rings. The van der Waals surface area contributed by atoms with E-state index >= 15 is 0 Å². The predicted octanol–water partition coefficient (Wildman–Crippen LogP) is 3.45. The molecule has 0 amide bonds. The van der Waals surface area contributed by atoms with E-state index in [0.29, 0.717) is 19.3 Å². The summed E-state index contributed by atoms with van der Waals surface area (Å²) in [6, 6.07) is 10.4. The predicted molar refractivity (Wildman–Crippen MR) is 88.6 cm³/mol. The minimum atomic E-state index is -0.358. The Morgan fingerprint density at radius 3 is 2.62 bits per heavy atom. The first-order valence-electron chi connectivity index (χ1n) is 7.57. The molecule has 21 heavy (non-hydrogen) atoms. The number of rotatable bonds is 10. The van der Waals surface area contributed by atoms with Gasteiger partial charge in [-0.1, -0.05) is 37.3 Å². The molecule has 1 aromatic carbocycles. The molecular formula is C17H26O3S. The number of carbonyl (C=O) groups is 1. The van der Waals surface area contributed by atoms with Crippen molar-refractivity contribution in [3.8, 4) is 0 Å². The Bertz CT molecular complexity index is 394. The summed E-state index contributed by atoms with van der Waals surface area (Å²) in [5.74, 6) is 0.791.